The summed E-state index contributed by atoms with van der Waals surface area (Å²) in [6.45, 7) is 4.46. The Balaban J connectivity index is 1.18. The van der Waals surface area contributed by atoms with E-state index in [1.54, 1.807) is 7.11 Å². The summed E-state index contributed by atoms with van der Waals surface area (Å²) >= 11 is 0. The van der Waals surface area contributed by atoms with Gasteiger partial charge in [-0.1, -0.05) is 42.5 Å². The van der Waals surface area contributed by atoms with Crippen molar-refractivity contribution in [1.29, 1.82) is 0 Å². The second-order valence-electron chi connectivity index (χ2n) is 8.89. The number of aromatic amines is 1. The number of amides is 1. The third kappa shape index (κ3) is 6.04. The van der Waals surface area contributed by atoms with E-state index in [0.29, 0.717) is 17.8 Å². The van der Waals surface area contributed by atoms with Crippen LogP contribution in [-0.2, 0) is 17.8 Å². The molecule has 1 aromatic heterocycles. The van der Waals surface area contributed by atoms with Gasteiger partial charge in [0, 0.05) is 56.0 Å². The molecule has 36 heavy (non-hydrogen) atoms. The van der Waals surface area contributed by atoms with Crippen molar-refractivity contribution in [1.82, 2.24) is 25.1 Å². The lowest BCUT2D eigenvalue weighted by Crippen LogP contribution is -2.45. The van der Waals surface area contributed by atoms with Crippen LogP contribution in [0.2, 0.25) is 0 Å². The van der Waals surface area contributed by atoms with E-state index in [9.17, 15) is 4.79 Å². The molecule has 1 aliphatic heterocycles. The Labute approximate surface area is 210 Å². The van der Waals surface area contributed by atoms with Gasteiger partial charge in [0.1, 0.15) is 5.82 Å². The Morgan fingerprint density at radius 2 is 1.69 bits per heavy atom. The zero-order valence-corrected chi connectivity index (χ0v) is 20.4. The molecule has 8 nitrogen and oxygen atoms in total. The van der Waals surface area contributed by atoms with Crippen molar-refractivity contribution in [2.45, 2.75) is 13.0 Å². The first kappa shape index (κ1) is 23.9. The van der Waals surface area contributed by atoms with Crippen LogP contribution >= 0.6 is 0 Å². The number of piperazine rings is 1. The van der Waals surface area contributed by atoms with E-state index >= 15 is 0 Å². The van der Waals surface area contributed by atoms with Gasteiger partial charge in [-0.05, 0) is 47.5 Å². The maximum atomic E-state index is 12.9. The topological polar surface area (TPSA) is 86.4 Å². The minimum atomic E-state index is -0.128. The first-order chi connectivity index (χ1) is 17.7. The minimum absolute atomic E-state index is 0.128. The molecule has 0 spiro atoms. The highest BCUT2D eigenvalue weighted by Gasteiger charge is 2.17. The van der Waals surface area contributed by atoms with Crippen LogP contribution in [0.25, 0.3) is 11.4 Å². The molecule has 0 bridgehead atoms. The van der Waals surface area contributed by atoms with E-state index in [0.717, 1.165) is 55.4 Å². The van der Waals surface area contributed by atoms with Crippen LogP contribution < -0.4 is 5.32 Å². The molecule has 3 aromatic carbocycles. The van der Waals surface area contributed by atoms with Gasteiger partial charge >= 0.3 is 0 Å². The van der Waals surface area contributed by atoms with Gasteiger partial charge in [-0.3, -0.25) is 14.8 Å². The fourth-order valence-electron chi connectivity index (χ4n) is 4.34. The van der Waals surface area contributed by atoms with Crippen molar-refractivity contribution >= 4 is 11.6 Å². The van der Waals surface area contributed by atoms with Gasteiger partial charge in [-0.15, -0.1) is 0 Å². The largest absolute Gasteiger partial charge is 0.322 e. The smallest absolute Gasteiger partial charge is 0.255 e. The first-order valence-electron chi connectivity index (χ1n) is 12.1. The van der Waals surface area contributed by atoms with Gasteiger partial charge in [-0.25, -0.2) is 4.98 Å². The molecule has 1 amide bonds. The Hall–Kier alpha value is -3.85. The third-order valence-corrected chi connectivity index (χ3v) is 6.33. The van der Waals surface area contributed by atoms with E-state index in [2.05, 4.69) is 43.6 Å². The van der Waals surface area contributed by atoms with Gasteiger partial charge < -0.3 is 10.2 Å². The number of aromatic nitrogens is 3. The molecular formula is C28H30N6O2. The van der Waals surface area contributed by atoms with Crippen LogP contribution in [0.1, 0.15) is 27.3 Å². The van der Waals surface area contributed by atoms with Crippen LogP contribution in [0.3, 0.4) is 0 Å². The highest BCUT2D eigenvalue weighted by molar-refractivity contribution is 6.04. The third-order valence-electron chi connectivity index (χ3n) is 6.33. The number of hydrogen-bond donors (Lipinski definition) is 2. The molecule has 0 radical (unpaired) electrons. The van der Waals surface area contributed by atoms with Gasteiger partial charge in [0.25, 0.3) is 5.91 Å². The fraction of sp³-hybridized carbons (Fsp3) is 0.250. The van der Waals surface area contributed by atoms with Gasteiger partial charge in [-0.2, -0.15) is 10.2 Å². The molecule has 0 aliphatic carbocycles. The summed E-state index contributed by atoms with van der Waals surface area (Å²) in [7, 11) is 1.71. The second-order valence-corrected chi connectivity index (χ2v) is 8.89. The number of carbonyl (C=O) groups excluding carboxylic acids is 1. The first-order valence-corrected chi connectivity index (χ1v) is 12.1. The molecule has 0 atom stereocenters. The second kappa shape index (κ2) is 11.3. The standard InChI is InChI=1S/C28H30N6O2/c1-36-34-16-14-33(15-17-34)20-22-8-5-9-24(18-22)28(35)29-25-12-10-23(11-13-25)27-30-26(31-32-27)19-21-6-3-2-4-7-21/h2-13,18H,14-17,19-20H2,1H3,(H,29,35)(H,30,31,32). The summed E-state index contributed by atoms with van der Waals surface area (Å²) in [5.74, 6) is 1.32. The number of rotatable bonds is 8. The molecule has 0 unspecified atom stereocenters. The zero-order valence-electron chi connectivity index (χ0n) is 20.4. The normalized spacial score (nSPS) is 14.6. The monoisotopic (exact) mass is 482 g/mol. The maximum Gasteiger partial charge on any atom is 0.255 e. The summed E-state index contributed by atoms with van der Waals surface area (Å²) in [6.07, 6.45) is 0.699. The average molecular weight is 483 g/mol. The number of hydrogen-bond acceptors (Lipinski definition) is 6. The number of nitrogens with one attached hydrogen (secondary N) is 2. The highest BCUT2D eigenvalue weighted by Crippen LogP contribution is 2.20. The summed E-state index contributed by atoms with van der Waals surface area (Å²) in [5.41, 5.74) is 4.56. The number of nitrogens with zero attached hydrogens (tertiary/aromatic N) is 4. The Morgan fingerprint density at radius 3 is 2.44 bits per heavy atom. The summed E-state index contributed by atoms with van der Waals surface area (Å²) in [6, 6.07) is 25.6. The van der Waals surface area contributed by atoms with Crippen molar-refractivity contribution in [3.05, 3.63) is 101 Å². The predicted octanol–water partition coefficient (Wildman–Crippen LogP) is 3.99. The summed E-state index contributed by atoms with van der Waals surface area (Å²) in [5, 5.41) is 12.3. The SMILES string of the molecule is CON1CCN(Cc2cccc(C(=O)Nc3ccc(-c4n[nH]c(Cc5ccccc5)n4)cc3)c2)CC1. The number of H-pyrrole nitrogens is 1. The predicted molar refractivity (Wildman–Crippen MR) is 139 cm³/mol. The van der Waals surface area contributed by atoms with Crippen molar-refractivity contribution in [2.24, 2.45) is 0 Å². The average Bonchev–Trinajstić information content (AvgIpc) is 3.39. The highest BCUT2D eigenvalue weighted by atomic mass is 16.7. The van der Waals surface area contributed by atoms with Crippen LogP contribution in [-0.4, -0.2) is 64.3 Å². The van der Waals surface area contributed by atoms with E-state index in [4.69, 9.17) is 4.84 Å². The number of anilines is 1. The van der Waals surface area contributed by atoms with Crippen molar-refractivity contribution in [2.75, 3.05) is 38.6 Å². The van der Waals surface area contributed by atoms with E-state index < -0.39 is 0 Å². The molecule has 5 rings (SSSR count). The van der Waals surface area contributed by atoms with E-state index in [1.165, 1.54) is 5.56 Å². The summed E-state index contributed by atoms with van der Waals surface area (Å²) in [4.78, 5) is 25.2. The number of hydroxylamine groups is 2. The lowest BCUT2D eigenvalue weighted by Gasteiger charge is -2.33. The molecule has 8 heteroatoms. The quantitative estimate of drug-likeness (QED) is 0.395. The molecule has 1 fully saturated rings. The minimum Gasteiger partial charge on any atom is -0.322 e. The lowest BCUT2D eigenvalue weighted by molar-refractivity contribution is -0.152. The Kier molecular flexibility index (Phi) is 7.47. The Bertz CT molecular complexity index is 1280. The van der Waals surface area contributed by atoms with Crippen LogP contribution in [0.15, 0.2) is 78.9 Å². The molecular weight excluding hydrogens is 452 g/mol. The van der Waals surface area contributed by atoms with Gasteiger partial charge in [0.05, 0.1) is 7.11 Å². The maximum absolute atomic E-state index is 12.9. The molecule has 2 heterocycles. The van der Waals surface area contributed by atoms with Crippen LogP contribution in [0.5, 0.6) is 0 Å². The van der Waals surface area contributed by atoms with E-state index in [-0.39, 0.29) is 5.91 Å². The molecule has 1 aliphatic rings. The molecule has 2 N–H and O–H groups in total. The van der Waals surface area contributed by atoms with Crippen molar-refractivity contribution < 1.29 is 9.63 Å². The van der Waals surface area contributed by atoms with Gasteiger partial charge in [0.2, 0.25) is 0 Å². The number of benzene rings is 3. The zero-order chi connectivity index (χ0) is 24.7. The lowest BCUT2D eigenvalue weighted by atomic mass is 10.1. The molecule has 1 saturated heterocycles. The number of carbonyl (C=O) groups is 1. The summed E-state index contributed by atoms with van der Waals surface area (Å²) < 4.78 is 0. The molecule has 4 aromatic rings. The Morgan fingerprint density at radius 1 is 0.944 bits per heavy atom. The van der Waals surface area contributed by atoms with Crippen LogP contribution in [0, 0.1) is 0 Å². The van der Waals surface area contributed by atoms with E-state index in [1.807, 2.05) is 65.7 Å². The van der Waals surface area contributed by atoms with Gasteiger partial charge in [0.15, 0.2) is 5.82 Å². The van der Waals surface area contributed by atoms with Crippen LogP contribution in [0.4, 0.5) is 5.69 Å². The van der Waals surface area contributed by atoms with Crippen molar-refractivity contribution in [3.8, 4) is 11.4 Å². The fourth-order valence-corrected chi connectivity index (χ4v) is 4.34. The van der Waals surface area contributed by atoms with Crippen molar-refractivity contribution in [3.63, 3.8) is 0 Å². The molecule has 184 valence electrons. The molecule has 0 saturated carbocycles.